The summed E-state index contributed by atoms with van der Waals surface area (Å²) in [6.45, 7) is 2.00. The van der Waals surface area contributed by atoms with E-state index in [-0.39, 0.29) is 4.90 Å². The van der Waals surface area contributed by atoms with E-state index in [1.54, 1.807) is 19.4 Å². The van der Waals surface area contributed by atoms with Gasteiger partial charge in [0.25, 0.3) is 10.0 Å². The smallest absolute Gasteiger partial charge is 0.283 e. The average molecular weight is 425 g/mol. The summed E-state index contributed by atoms with van der Waals surface area (Å²) in [6, 6.07) is 12.4. The minimum Gasteiger partial charge on any atom is -0.496 e. The van der Waals surface area contributed by atoms with Gasteiger partial charge in [-0.2, -0.15) is 17.6 Å². The van der Waals surface area contributed by atoms with Crippen LogP contribution in [0, 0.1) is 12.7 Å². The topological polar surface area (TPSA) is 74.1 Å². The lowest BCUT2D eigenvalue weighted by molar-refractivity contribution is 0.409. The summed E-state index contributed by atoms with van der Waals surface area (Å²) in [6.07, 6.45) is 4.37. The van der Waals surface area contributed by atoms with Gasteiger partial charge in [0, 0.05) is 17.3 Å². The Balaban J connectivity index is 1.66. The van der Waals surface area contributed by atoms with Crippen LogP contribution in [0.2, 0.25) is 0 Å². The van der Waals surface area contributed by atoms with Crippen molar-refractivity contribution in [2.45, 2.75) is 24.7 Å². The number of benzene rings is 2. The zero-order valence-electron chi connectivity index (χ0n) is 16.5. The Hall–Kier alpha value is -3.26. The summed E-state index contributed by atoms with van der Waals surface area (Å²) in [5, 5.41) is 4.65. The first-order valence-electron chi connectivity index (χ1n) is 9.36. The fourth-order valence-corrected chi connectivity index (χ4v) is 4.56. The third-order valence-corrected chi connectivity index (χ3v) is 6.52. The molecule has 0 amide bonds. The van der Waals surface area contributed by atoms with Crippen LogP contribution in [0.25, 0.3) is 10.9 Å². The molecule has 0 aliphatic rings. The number of hydrogen-bond acceptors (Lipinski definition) is 5. The Bertz CT molecular complexity index is 1320. The van der Waals surface area contributed by atoms with Gasteiger partial charge in [-0.1, -0.05) is 12.1 Å². The molecule has 0 atom stereocenters. The van der Waals surface area contributed by atoms with Gasteiger partial charge in [0.15, 0.2) is 0 Å². The molecule has 0 saturated carbocycles. The lowest BCUT2D eigenvalue weighted by Gasteiger charge is -2.10. The zero-order chi connectivity index (χ0) is 21.3. The molecule has 154 valence electrons. The minimum atomic E-state index is -3.95. The maximum Gasteiger partial charge on any atom is 0.283 e. The van der Waals surface area contributed by atoms with Gasteiger partial charge in [-0.3, -0.25) is 4.98 Å². The van der Waals surface area contributed by atoms with Gasteiger partial charge >= 0.3 is 0 Å². The molecule has 2 aromatic heterocycles. The summed E-state index contributed by atoms with van der Waals surface area (Å²) >= 11 is 0. The highest BCUT2D eigenvalue weighted by atomic mass is 32.2. The molecule has 2 heterocycles. The number of rotatable bonds is 6. The van der Waals surface area contributed by atoms with E-state index in [9.17, 15) is 12.8 Å². The number of aryl methyl sites for hydroxylation is 3. The van der Waals surface area contributed by atoms with Crippen LogP contribution in [-0.2, 0) is 22.9 Å². The van der Waals surface area contributed by atoms with Crippen molar-refractivity contribution in [3.8, 4) is 5.75 Å². The van der Waals surface area contributed by atoms with E-state index in [1.807, 2.05) is 25.1 Å². The first kappa shape index (κ1) is 20.0. The summed E-state index contributed by atoms with van der Waals surface area (Å²) in [5.74, 6) is 0.317. The van der Waals surface area contributed by atoms with Gasteiger partial charge in [-0.25, -0.2) is 4.39 Å². The Morgan fingerprint density at radius 1 is 1.03 bits per heavy atom. The second-order valence-corrected chi connectivity index (χ2v) is 8.76. The lowest BCUT2D eigenvalue weighted by atomic mass is 10.0. The third kappa shape index (κ3) is 3.78. The number of nitrogens with zero attached hydrogens (tertiary/aromatic N) is 3. The second kappa shape index (κ2) is 7.87. The van der Waals surface area contributed by atoms with Crippen LogP contribution >= 0.6 is 0 Å². The minimum absolute atomic E-state index is 0.0309. The van der Waals surface area contributed by atoms with Gasteiger partial charge in [0.05, 0.1) is 23.7 Å². The normalized spacial score (nSPS) is 11.7. The lowest BCUT2D eigenvalue weighted by Crippen LogP contribution is -2.14. The number of methoxy groups -OCH3 is 1. The van der Waals surface area contributed by atoms with Gasteiger partial charge in [0.2, 0.25) is 0 Å². The van der Waals surface area contributed by atoms with Gasteiger partial charge in [-0.15, -0.1) is 0 Å². The molecule has 0 aliphatic heterocycles. The molecule has 30 heavy (non-hydrogen) atoms. The first-order chi connectivity index (χ1) is 14.4. The number of fused-ring (bicyclic) bond motifs is 1. The van der Waals surface area contributed by atoms with E-state index in [0.29, 0.717) is 23.7 Å². The van der Waals surface area contributed by atoms with Crippen LogP contribution in [0.5, 0.6) is 5.75 Å². The SMILES string of the molecule is COc1cc(C)ccc1CCc1cc2c(cn1)cnn2S(=O)(=O)c1ccc(F)cc1. The summed E-state index contributed by atoms with van der Waals surface area (Å²) in [5.41, 5.74) is 3.34. The summed E-state index contributed by atoms with van der Waals surface area (Å²) < 4.78 is 45.5. The van der Waals surface area contributed by atoms with Crippen LogP contribution in [-0.4, -0.2) is 29.7 Å². The standard InChI is InChI=1S/C22H20FN3O3S/c1-15-3-4-16(22(11-15)29-2)5-8-19-12-21-17(13-24-19)14-25-26(21)30(27,28)20-9-6-18(23)7-10-20/h3-4,6-7,9-14H,5,8H2,1-2H3. The molecule has 6 nitrogen and oxygen atoms in total. The molecule has 0 spiro atoms. The summed E-state index contributed by atoms with van der Waals surface area (Å²) in [7, 11) is -2.31. The van der Waals surface area contributed by atoms with Gasteiger partial charge in [-0.05, 0) is 67.3 Å². The highest BCUT2D eigenvalue weighted by Crippen LogP contribution is 2.24. The van der Waals surface area contributed by atoms with E-state index >= 15 is 0 Å². The van der Waals surface area contributed by atoms with Crippen molar-refractivity contribution in [2.75, 3.05) is 7.11 Å². The van der Waals surface area contributed by atoms with Crippen molar-refractivity contribution in [1.82, 2.24) is 14.2 Å². The Labute approximate surface area is 174 Å². The molecule has 4 rings (SSSR count). The molecule has 0 bridgehead atoms. The van der Waals surface area contributed by atoms with Gasteiger partial charge < -0.3 is 4.74 Å². The van der Waals surface area contributed by atoms with Crippen LogP contribution < -0.4 is 4.74 Å². The summed E-state index contributed by atoms with van der Waals surface area (Å²) in [4.78, 5) is 4.41. The Morgan fingerprint density at radius 2 is 1.80 bits per heavy atom. The van der Waals surface area contributed by atoms with Crippen molar-refractivity contribution in [3.63, 3.8) is 0 Å². The maximum absolute atomic E-state index is 13.2. The number of aromatic nitrogens is 3. The fourth-order valence-electron chi connectivity index (χ4n) is 3.29. The van der Waals surface area contributed by atoms with E-state index in [1.165, 1.54) is 18.3 Å². The molecule has 8 heteroatoms. The van der Waals surface area contributed by atoms with Crippen LogP contribution in [0.4, 0.5) is 4.39 Å². The number of pyridine rings is 1. The highest BCUT2D eigenvalue weighted by Gasteiger charge is 2.21. The molecule has 0 N–H and O–H groups in total. The predicted molar refractivity (Wildman–Crippen MR) is 112 cm³/mol. The molecular weight excluding hydrogens is 405 g/mol. The second-order valence-electron chi connectivity index (χ2n) is 7.00. The number of halogens is 1. The fraction of sp³-hybridized carbons (Fsp3) is 0.182. The monoisotopic (exact) mass is 425 g/mol. The molecular formula is C22H20FN3O3S. The van der Waals surface area contributed by atoms with Crippen molar-refractivity contribution >= 4 is 20.9 Å². The van der Waals surface area contributed by atoms with Crippen molar-refractivity contribution in [2.24, 2.45) is 0 Å². The van der Waals surface area contributed by atoms with Crippen LogP contribution in [0.15, 0.2) is 65.8 Å². The highest BCUT2D eigenvalue weighted by molar-refractivity contribution is 7.90. The molecule has 4 aromatic rings. The molecule has 0 saturated heterocycles. The quantitative estimate of drug-likeness (QED) is 0.468. The van der Waals surface area contributed by atoms with Crippen molar-refractivity contribution < 1.29 is 17.5 Å². The van der Waals surface area contributed by atoms with Gasteiger partial charge in [0.1, 0.15) is 11.6 Å². The van der Waals surface area contributed by atoms with E-state index in [2.05, 4.69) is 10.1 Å². The molecule has 0 radical (unpaired) electrons. The Morgan fingerprint density at radius 3 is 2.53 bits per heavy atom. The van der Waals surface area contributed by atoms with E-state index < -0.39 is 15.8 Å². The predicted octanol–water partition coefficient (Wildman–Crippen LogP) is 3.91. The molecule has 2 aromatic carbocycles. The average Bonchev–Trinajstić information content (AvgIpc) is 3.17. The van der Waals surface area contributed by atoms with E-state index in [0.717, 1.165) is 38.8 Å². The van der Waals surface area contributed by atoms with Crippen LogP contribution in [0.1, 0.15) is 16.8 Å². The van der Waals surface area contributed by atoms with Crippen molar-refractivity contribution in [3.05, 3.63) is 83.6 Å². The molecule has 0 fully saturated rings. The molecule has 0 unspecified atom stereocenters. The third-order valence-electron chi connectivity index (χ3n) is 4.91. The number of hydrogen-bond donors (Lipinski definition) is 0. The van der Waals surface area contributed by atoms with Crippen LogP contribution in [0.3, 0.4) is 0 Å². The van der Waals surface area contributed by atoms with E-state index in [4.69, 9.17) is 4.74 Å². The maximum atomic E-state index is 13.2. The Kier molecular flexibility index (Phi) is 5.26. The largest absolute Gasteiger partial charge is 0.496 e. The number of ether oxygens (including phenoxy) is 1. The van der Waals surface area contributed by atoms with Crippen molar-refractivity contribution in [1.29, 1.82) is 0 Å². The molecule has 0 aliphatic carbocycles. The first-order valence-corrected chi connectivity index (χ1v) is 10.8. The zero-order valence-corrected chi connectivity index (χ0v) is 17.4.